The summed E-state index contributed by atoms with van der Waals surface area (Å²) in [5.41, 5.74) is 3.17. The topological polar surface area (TPSA) is 12.9 Å². The summed E-state index contributed by atoms with van der Waals surface area (Å²) in [4.78, 5) is 4.30. The van der Waals surface area contributed by atoms with E-state index in [0.29, 0.717) is 4.31 Å². The molecule has 28 heavy (non-hydrogen) atoms. The number of thiol groups is 1. The molecule has 0 amide bonds. The summed E-state index contributed by atoms with van der Waals surface area (Å²) in [5, 5.41) is 0. The quantitative estimate of drug-likeness (QED) is 0.311. The number of nitrogens with zero attached hydrogens (tertiary/aromatic N) is 1. The van der Waals surface area contributed by atoms with E-state index in [4.69, 9.17) is 12.6 Å². The number of hydrogen-bond acceptors (Lipinski definition) is 2. The summed E-state index contributed by atoms with van der Waals surface area (Å²) in [6, 6.07) is 4.33. The van der Waals surface area contributed by atoms with Crippen molar-refractivity contribution in [2.24, 2.45) is 17.8 Å². The van der Waals surface area contributed by atoms with E-state index in [-0.39, 0.29) is 4.75 Å². The van der Waals surface area contributed by atoms with Crippen molar-refractivity contribution in [3.63, 3.8) is 0 Å². The molecule has 3 heterocycles. The van der Waals surface area contributed by atoms with E-state index in [1.54, 1.807) is 5.57 Å². The minimum atomic E-state index is 0.281. The molecule has 2 bridgehead atoms. The Bertz CT molecular complexity index is 793. The van der Waals surface area contributed by atoms with Gasteiger partial charge in [0.05, 0.1) is 0 Å². The van der Waals surface area contributed by atoms with Gasteiger partial charge < -0.3 is 0 Å². The molecule has 2 spiro atoms. The van der Waals surface area contributed by atoms with Gasteiger partial charge in [0.25, 0.3) is 0 Å². The average Bonchev–Trinajstić information content (AvgIpc) is 3.02. The molecular weight excluding hydrogens is 425 g/mol. The van der Waals surface area contributed by atoms with Crippen molar-refractivity contribution in [1.29, 1.82) is 0 Å². The first-order valence-corrected chi connectivity index (χ1v) is 13.8. The van der Waals surface area contributed by atoms with Gasteiger partial charge in [0, 0.05) is 0 Å². The Morgan fingerprint density at radius 2 is 2.07 bits per heavy atom. The summed E-state index contributed by atoms with van der Waals surface area (Å²) in [5.74, 6) is 2.98. The maximum absolute atomic E-state index is 5.46. The predicted molar refractivity (Wildman–Crippen MR) is 120 cm³/mol. The Morgan fingerprint density at radius 1 is 1.11 bits per heavy atom. The Kier molecular flexibility index (Phi) is 4.38. The number of fused-ring (bicyclic) bond motifs is 2. The van der Waals surface area contributed by atoms with Crippen molar-refractivity contribution in [3.8, 4) is 0 Å². The van der Waals surface area contributed by atoms with Crippen LogP contribution in [0.2, 0.25) is 8.63 Å². The van der Waals surface area contributed by atoms with Crippen LogP contribution in [0.1, 0.15) is 76.2 Å². The van der Waals surface area contributed by atoms with E-state index in [0.717, 1.165) is 37.0 Å². The number of hydrogen-bond donors (Lipinski definition) is 1. The third kappa shape index (κ3) is 2.42. The number of rotatable bonds is 4. The fourth-order valence-electron chi connectivity index (χ4n) is 8.18. The molecule has 6 unspecified atom stereocenters. The molecule has 6 rings (SSSR count). The third-order valence-electron chi connectivity index (χ3n) is 9.26. The third-order valence-corrected chi connectivity index (χ3v) is 14.9. The van der Waals surface area contributed by atoms with Crippen LogP contribution in [-0.4, -0.2) is 24.7 Å². The molecule has 150 valence electrons. The minimum absolute atomic E-state index is 0.281. The molecule has 1 nitrogen and oxygen atoms in total. The Morgan fingerprint density at radius 3 is 2.96 bits per heavy atom. The van der Waals surface area contributed by atoms with Gasteiger partial charge in [-0.05, 0) is 0 Å². The van der Waals surface area contributed by atoms with E-state index in [9.17, 15) is 0 Å². The standard InChI is InChI=1S/C25H33NSSe/c27-23-13-2-1-7-19(23)11-14-25-21(23)12-15-24(28-25)20(9-10-22(24)25)8-3-5-18-6-4-16-26-17-18/h4,6,11,16-17,20-22,27H,1-3,5,7-10,12-15H2. The second-order valence-corrected chi connectivity index (χ2v) is 14.7. The van der Waals surface area contributed by atoms with Gasteiger partial charge in [-0.3, -0.25) is 0 Å². The summed E-state index contributed by atoms with van der Waals surface area (Å²) in [7, 11) is 0. The zero-order chi connectivity index (χ0) is 18.8. The molecule has 2 saturated carbocycles. The van der Waals surface area contributed by atoms with Gasteiger partial charge in [0.1, 0.15) is 0 Å². The van der Waals surface area contributed by atoms with Crippen LogP contribution in [0.5, 0.6) is 0 Å². The van der Waals surface area contributed by atoms with Crippen molar-refractivity contribution in [2.75, 3.05) is 0 Å². The monoisotopic (exact) mass is 459 g/mol. The SMILES string of the molecule is SC12CCCCC1=CCC13[Se]C4(CCC21)C(CCCc1cccnc1)CCC43. The van der Waals surface area contributed by atoms with E-state index < -0.39 is 0 Å². The van der Waals surface area contributed by atoms with Crippen LogP contribution in [0.15, 0.2) is 36.2 Å². The molecule has 2 saturated heterocycles. The first kappa shape index (κ1) is 18.5. The van der Waals surface area contributed by atoms with Crippen molar-refractivity contribution in [1.82, 2.24) is 4.98 Å². The van der Waals surface area contributed by atoms with Gasteiger partial charge in [-0.2, -0.15) is 0 Å². The molecule has 0 N–H and O–H groups in total. The molecule has 3 aliphatic carbocycles. The van der Waals surface area contributed by atoms with Crippen LogP contribution in [0.3, 0.4) is 0 Å². The van der Waals surface area contributed by atoms with E-state index in [2.05, 4.69) is 29.4 Å². The van der Waals surface area contributed by atoms with Gasteiger partial charge in [-0.15, -0.1) is 0 Å². The first-order chi connectivity index (χ1) is 13.7. The molecule has 3 heteroatoms. The number of aryl methyl sites for hydroxylation is 1. The molecule has 4 fully saturated rings. The maximum atomic E-state index is 5.46. The van der Waals surface area contributed by atoms with E-state index in [1.807, 2.05) is 6.20 Å². The molecule has 1 aromatic rings. The summed E-state index contributed by atoms with van der Waals surface area (Å²) in [6.45, 7) is 0. The number of aromatic nitrogens is 1. The molecule has 0 aromatic carbocycles. The molecule has 2 aliphatic heterocycles. The molecular formula is C25H33NSSe. The second-order valence-electron chi connectivity index (χ2n) is 10.2. The van der Waals surface area contributed by atoms with Gasteiger partial charge in [-0.1, -0.05) is 0 Å². The van der Waals surface area contributed by atoms with Gasteiger partial charge >= 0.3 is 182 Å². The molecule has 5 aliphatic rings. The summed E-state index contributed by atoms with van der Waals surface area (Å²) >= 11 is 6.30. The molecule has 6 atom stereocenters. The van der Waals surface area contributed by atoms with Gasteiger partial charge in [0.15, 0.2) is 0 Å². The van der Waals surface area contributed by atoms with Crippen LogP contribution in [-0.2, 0) is 6.42 Å². The zero-order valence-electron chi connectivity index (χ0n) is 16.9. The zero-order valence-corrected chi connectivity index (χ0v) is 19.5. The summed E-state index contributed by atoms with van der Waals surface area (Å²) < 4.78 is 1.76. The molecule has 0 radical (unpaired) electrons. The van der Waals surface area contributed by atoms with Crippen LogP contribution in [0.25, 0.3) is 0 Å². The van der Waals surface area contributed by atoms with Crippen molar-refractivity contribution >= 4 is 27.6 Å². The van der Waals surface area contributed by atoms with E-state index in [1.165, 1.54) is 82.6 Å². The number of pyridine rings is 1. The van der Waals surface area contributed by atoms with Gasteiger partial charge in [0.2, 0.25) is 0 Å². The van der Waals surface area contributed by atoms with Crippen molar-refractivity contribution in [2.45, 2.75) is 90.4 Å². The summed E-state index contributed by atoms with van der Waals surface area (Å²) in [6.07, 6.45) is 23.7. The fraction of sp³-hybridized carbons (Fsp3) is 0.720. The van der Waals surface area contributed by atoms with E-state index >= 15 is 0 Å². The van der Waals surface area contributed by atoms with Crippen LogP contribution >= 0.6 is 12.6 Å². The van der Waals surface area contributed by atoms with Gasteiger partial charge in [-0.25, -0.2) is 0 Å². The van der Waals surface area contributed by atoms with Crippen molar-refractivity contribution in [3.05, 3.63) is 41.7 Å². The van der Waals surface area contributed by atoms with Crippen LogP contribution < -0.4 is 0 Å². The van der Waals surface area contributed by atoms with Crippen LogP contribution in [0, 0.1) is 17.8 Å². The Hall–Kier alpha value is -0.241. The average molecular weight is 459 g/mol. The normalized spacial score (nSPS) is 46.0. The first-order valence-electron chi connectivity index (χ1n) is 11.7. The number of allylic oxidation sites excluding steroid dienone is 1. The Labute approximate surface area is 182 Å². The van der Waals surface area contributed by atoms with Crippen LogP contribution in [0.4, 0.5) is 0 Å². The second kappa shape index (κ2) is 6.63. The van der Waals surface area contributed by atoms with Crippen molar-refractivity contribution < 1.29 is 0 Å². The predicted octanol–water partition coefficient (Wildman–Crippen LogP) is 6.45. The molecule has 1 aromatic heterocycles. The Balaban J connectivity index is 1.19. The fourth-order valence-corrected chi connectivity index (χ4v) is 14.8.